The topological polar surface area (TPSA) is 90.9 Å². The lowest BCUT2D eigenvalue weighted by Crippen LogP contribution is -2.15. The summed E-state index contributed by atoms with van der Waals surface area (Å²) >= 11 is 0. The Kier molecular flexibility index (Phi) is 7.54. The van der Waals surface area contributed by atoms with E-state index in [1.165, 1.54) is 14.2 Å². The Balaban J connectivity index is 2.24. The van der Waals surface area contributed by atoms with Crippen LogP contribution in [-0.4, -0.2) is 38.2 Å². The van der Waals surface area contributed by atoms with Crippen LogP contribution in [0.4, 0.5) is 5.69 Å². The van der Waals surface area contributed by atoms with E-state index in [2.05, 4.69) is 14.8 Å². The molecule has 0 atom stereocenters. The van der Waals surface area contributed by atoms with E-state index in [1.807, 2.05) is 18.2 Å². The smallest absolute Gasteiger partial charge is 0.354 e. The fraction of sp³-hybridized carbons (Fsp3) is 0.227. The number of rotatable bonds is 7. The van der Waals surface area contributed by atoms with Crippen molar-refractivity contribution >= 4 is 23.6 Å². The molecule has 7 nitrogen and oxygen atoms in total. The van der Waals surface area contributed by atoms with Crippen molar-refractivity contribution in [1.29, 1.82) is 0 Å². The highest BCUT2D eigenvalue weighted by Crippen LogP contribution is 2.24. The molecule has 2 rings (SSSR count). The summed E-state index contributed by atoms with van der Waals surface area (Å²) in [6.45, 7) is 3.59. The van der Waals surface area contributed by atoms with Gasteiger partial charge in [-0.1, -0.05) is 24.3 Å². The van der Waals surface area contributed by atoms with E-state index in [9.17, 15) is 14.4 Å². The Morgan fingerprint density at radius 3 is 2.21 bits per heavy atom. The first-order chi connectivity index (χ1) is 13.8. The number of carbonyl (C=O) groups is 3. The maximum atomic E-state index is 12.0. The van der Waals surface area contributed by atoms with Gasteiger partial charge in [-0.05, 0) is 49.2 Å². The van der Waals surface area contributed by atoms with Crippen LogP contribution in [0.1, 0.15) is 24.2 Å². The van der Waals surface area contributed by atoms with Gasteiger partial charge in [-0.3, -0.25) is 0 Å². The Bertz CT molecular complexity index is 915. The zero-order chi connectivity index (χ0) is 21.4. The van der Waals surface area contributed by atoms with Gasteiger partial charge in [0, 0.05) is 5.69 Å². The Morgan fingerprint density at radius 2 is 1.62 bits per heavy atom. The zero-order valence-electron chi connectivity index (χ0n) is 16.7. The molecular weight excluding hydrogens is 374 g/mol. The van der Waals surface area contributed by atoms with Crippen molar-refractivity contribution in [2.24, 2.45) is 0 Å². The molecule has 0 aliphatic carbocycles. The molecule has 0 unspecified atom stereocenters. The molecule has 0 saturated heterocycles. The molecule has 7 heteroatoms. The summed E-state index contributed by atoms with van der Waals surface area (Å²) in [7, 11) is 2.44. The summed E-state index contributed by atoms with van der Waals surface area (Å²) in [5.74, 6) is -1.76. The highest BCUT2D eigenvalue weighted by Gasteiger charge is 2.13. The van der Waals surface area contributed by atoms with Crippen molar-refractivity contribution in [1.82, 2.24) is 0 Å². The molecule has 2 aromatic rings. The normalized spacial score (nSPS) is 11.0. The molecule has 0 aliphatic rings. The van der Waals surface area contributed by atoms with Crippen molar-refractivity contribution in [2.75, 3.05) is 19.5 Å². The minimum Gasteiger partial charge on any atom is -0.466 e. The summed E-state index contributed by atoms with van der Waals surface area (Å²) < 4.78 is 14.4. The summed E-state index contributed by atoms with van der Waals surface area (Å²) in [5, 5.41) is 2.87. The van der Waals surface area contributed by atoms with Gasteiger partial charge in [-0.15, -0.1) is 0 Å². The van der Waals surface area contributed by atoms with Crippen LogP contribution in [-0.2, 0) is 23.8 Å². The van der Waals surface area contributed by atoms with Crippen LogP contribution in [0.15, 0.2) is 60.3 Å². The van der Waals surface area contributed by atoms with E-state index in [1.54, 1.807) is 44.2 Å². The van der Waals surface area contributed by atoms with Crippen molar-refractivity contribution in [3.05, 3.63) is 65.9 Å². The molecule has 0 aliphatic heterocycles. The molecule has 0 aromatic heterocycles. The molecule has 0 fully saturated rings. The van der Waals surface area contributed by atoms with Gasteiger partial charge >= 0.3 is 17.9 Å². The van der Waals surface area contributed by atoms with Crippen LogP contribution in [0.25, 0.3) is 11.1 Å². The van der Waals surface area contributed by atoms with E-state index in [0.717, 1.165) is 17.2 Å². The molecule has 2 aromatic carbocycles. The predicted molar refractivity (Wildman–Crippen MR) is 108 cm³/mol. The molecule has 0 heterocycles. The maximum absolute atomic E-state index is 12.0. The second-order valence-electron chi connectivity index (χ2n) is 6.31. The molecule has 29 heavy (non-hydrogen) atoms. The van der Waals surface area contributed by atoms with E-state index < -0.39 is 11.9 Å². The number of carbonyl (C=O) groups excluding carboxylic acids is 3. The van der Waals surface area contributed by atoms with Gasteiger partial charge in [-0.25, -0.2) is 14.4 Å². The second kappa shape index (κ2) is 10.1. The predicted octanol–water partition coefficient (Wildman–Crippen LogP) is 3.56. The summed E-state index contributed by atoms with van der Waals surface area (Å²) in [4.78, 5) is 35.4. The standard InChI is InChI=1S/C22H23NO6/c1-14(2)29-21(25)16-10-8-15(9-11-16)17-6-5-7-18(12-17)23-19(22(26)28-4)13-20(24)27-3/h5-14,23H,1-4H3/b19-13+. The monoisotopic (exact) mass is 397 g/mol. The SMILES string of the molecule is COC(=O)/C=C(/Nc1cccc(-c2ccc(C(=O)OC(C)C)cc2)c1)C(=O)OC. The number of benzene rings is 2. The van der Waals surface area contributed by atoms with Crippen LogP contribution >= 0.6 is 0 Å². The molecule has 1 N–H and O–H groups in total. The first-order valence-electron chi connectivity index (χ1n) is 8.90. The minimum absolute atomic E-state index is 0.0525. The molecular formula is C22H23NO6. The lowest BCUT2D eigenvalue weighted by atomic mass is 10.0. The Hall–Kier alpha value is -3.61. The van der Waals surface area contributed by atoms with E-state index in [4.69, 9.17) is 4.74 Å². The molecule has 0 spiro atoms. The average Bonchev–Trinajstić information content (AvgIpc) is 2.72. The molecule has 152 valence electrons. The van der Waals surface area contributed by atoms with Crippen LogP contribution in [0.2, 0.25) is 0 Å². The van der Waals surface area contributed by atoms with Crippen molar-refractivity contribution in [3.8, 4) is 11.1 Å². The third-order valence-corrected chi connectivity index (χ3v) is 3.81. The third kappa shape index (κ3) is 6.21. The number of nitrogens with one attached hydrogen (secondary N) is 1. The molecule has 0 bridgehead atoms. The second-order valence-corrected chi connectivity index (χ2v) is 6.31. The zero-order valence-corrected chi connectivity index (χ0v) is 16.7. The van der Waals surface area contributed by atoms with Crippen LogP contribution in [0, 0.1) is 0 Å². The Labute approximate surface area is 169 Å². The third-order valence-electron chi connectivity index (χ3n) is 3.81. The largest absolute Gasteiger partial charge is 0.466 e. The first kappa shape index (κ1) is 21.7. The lowest BCUT2D eigenvalue weighted by molar-refractivity contribution is -0.138. The number of anilines is 1. The summed E-state index contributed by atoms with van der Waals surface area (Å²) in [6, 6.07) is 14.2. The van der Waals surface area contributed by atoms with Gasteiger partial charge in [0.2, 0.25) is 0 Å². The van der Waals surface area contributed by atoms with Crippen molar-refractivity contribution in [2.45, 2.75) is 20.0 Å². The van der Waals surface area contributed by atoms with E-state index in [0.29, 0.717) is 11.3 Å². The Morgan fingerprint density at radius 1 is 0.931 bits per heavy atom. The van der Waals surface area contributed by atoms with Crippen molar-refractivity contribution < 1.29 is 28.6 Å². The molecule has 0 radical (unpaired) electrons. The maximum Gasteiger partial charge on any atom is 0.354 e. The average molecular weight is 397 g/mol. The first-order valence-corrected chi connectivity index (χ1v) is 8.90. The highest BCUT2D eigenvalue weighted by molar-refractivity contribution is 5.98. The van der Waals surface area contributed by atoms with Gasteiger partial charge in [0.05, 0.1) is 32.0 Å². The van der Waals surface area contributed by atoms with Gasteiger partial charge in [0.25, 0.3) is 0 Å². The fourth-order valence-electron chi connectivity index (χ4n) is 2.45. The number of hydrogen-bond acceptors (Lipinski definition) is 7. The van der Waals surface area contributed by atoms with Gasteiger partial charge in [-0.2, -0.15) is 0 Å². The fourth-order valence-corrected chi connectivity index (χ4v) is 2.45. The van der Waals surface area contributed by atoms with Crippen LogP contribution in [0.5, 0.6) is 0 Å². The number of ether oxygens (including phenoxy) is 3. The summed E-state index contributed by atoms with van der Waals surface area (Å²) in [5.41, 5.74) is 2.70. The lowest BCUT2D eigenvalue weighted by Gasteiger charge is -2.11. The van der Waals surface area contributed by atoms with Crippen molar-refractivity contribution in [3.63, 3.8) is 0 Å². The van der Waals surface area contributed by atoms with Gasteiger partial charge in [0.15, 0.2) is 0 Å². The molecule has 0 saturated carbocycles. The van der Waals surface area contributed by atoms with Crippen LogP contribution < -0.4 is 5.32 Å². The highest BCUT2D eigenvalue weighted by atomic mass is 16.5. The van der Waals surface area contributed by atoms with Gasteiger partial charge < -0.3 is 19.5 Å². The van der Waals surface area contributed by atoms with Crippen LogP contribution in [0.3, 0.4) is 0 Å². The number of methoxy groups -OCH3 is 2. The molecule has 0 amide bonds. The minimum atomic E-state index is -0.700. The number of esters is 3. The number of hydrogen-bond donors (Lipinski definition) is 1. The van der Waals surface area contributed by atoms with E-state index >= 15 is 0 Å². The summed E-state index contributed by atoms with van der Waals surface area (Å²) in [6.07, 6.45) is 0.833. The van der Waals surface area contributed by atoms with E-state index in [-0.39, 0.29) is 17.8 Å². The van der Waals surface area contributed by atoms with Gasteiger partial charge in [0.1, 0.15) is 5.70 Å². The quantitative estimate of drug-likeness (QED) is 0.434.